The van der Waals surface area contributed by atoms with Crippen molar-refractivity contribution in [1.82, 2.24) is 10.3 Å². The Morgan fingerprint density at radius 3 is 2.78 bits per heavy atom. The van der Waals surface area contributed by atoms with E-state index in [1.54, 1.807) is 18.3 Å². The number of rotatable bonds is 6. The molecule has 0 aliphatic rings. The average molecular weight is 269 g/mol. The summed E-state index contributed by atoms with van der Waals surface area (Å²) in [4.78, 5) is 4.22. The molecule has 2 aromatic rings. The molecule has 5 heteroatoms. The highest BCUT2D eigenvalue weighted by Crippen LogP contribution is 2.25. The molecule has 98 valence electrons. The Labute approximate surface area is 111 Å². The number of hydrogen-bond acceptors (Lipinski definition) is 4. The van der Waals surface area contributed by atoms with Crippen molar-refractivity contribution >= 4 is 11.6 Å². The zero-order chi connectivity index (χ0) is 13.0. The molecule has 0 saturated carbocycles. The third-order valence-corrected chi connectivity index (χ3v) is 2.69. The second kappa shape index (κ2) is 6.07. The molecule has 0 aromatic carbocycles. The predicted molar refractivity (Wildman–Crippen MR) is 70.7 cm³/mol. The third kappa shape index (κ3) is 3.62. The van der Waals surface area contributed by atoms with Gasteiger partial charge in [0.1, 0.15) is 0 Å². The van der Waals surface area contributed by atoms with E-state index in [-0.39, 0.29) is 0 Å². The molecule has 0 amide bonds. The molecule has 0 radical (unpaired) electrons. The van der Waals surface area contributed by atoms with Crippen LogP contribution in [0.25, 0.3) is 11.5 Å². The van der Waals surface area contributed by atoms with Crippen LogP contribution in [0.15, 0.2) is 27.2 Å². The first-order chi connectivity index (χ1) is 8.65. The number of furan rings is 1. The summed E-state index contributed by atoms with van der Waals surface area (Å²) in [6.45, 7) is 5.22. The molecule has 18 heavy (non-hydrogen) atoms. The molecule has 2 aromatic heterocycles. The number of halogens is 1. The first-order valence-electron chi connectivity index (χ1n) is 6.09. The quantitative estimate of drug-likeness (QED) is 0.815. The summed E-state index contributed by atoms with van der Waals surface area (Å²) in [5.41, 5.74) is 0. The molecule has 4 nitrogen and oxygen atoms in total. The van der Waals surface area contributed by atoms with Crippen molar-refractivity contribution in [3.8, 4) is 11.5 Å². The smallest absolute Gasteiger partial charge is 0.195 e. The fourth-order valence-corrected chi connectivity index (χ4v) is 1.76. The standard InChI is InChI=1S/C13H17ClN2O2/c1-9(2)15-7-3-4-13-16-8-11(18-13)10-5-6-12(14)17-10/h5-6,8-9,15H,3-4,7H2,1-2H3. The van der Waals surface area contributed by atoms with E-state index in [0.29, 0.717) is 22.8 Å². The van der Waals surface area contributed by atoms with Crippen molar-refractivity contribution in [1.29, 1.82) is 0 Å². The van der Waals surface area contributed by atoms with Gasteiger partial charge in [-0.25, -0.2) is 4.98 Å². The topological polar surface area (TPSA) is 51.2 Å². The summed E-state index contributed by atoms with van der Waals surface area (Å²) < 4.78 is 10.9. The van der Waals surface area contributed by atoms with Gasteiger partial charge in [0.15, 0.2) is 22.6 Å². The van der Waals surface area contributed by atoms with Crippen LogP contribution in [0.5, 0.6) is 0 Å². The van der Waals surface area contributed by atoms with Crippen molar-refractivity contribution in [2.24, 2.45) is 0 Å². The summed E-state index contributed by atoms with van der Waals surface area (Å²) in [6, 6.07) is 3.97. The van der Waals surface area contributed by atoms with E-state index in [0.717, 1.165) is 25.3 Å². The molecule has 0 spiro atoms. The van der Waals surface area contributed by atoms with Gasteiger partial charge in [0.2, 0.25) is 0 Å². The molecule has 0 aliphatic heterocycles. The molecular weight excluding hydrogens is 252 g/mol. The van der Waals surface area contributed by atoms with Crippen LogP contribution in [0, 0.1) is 0 Å². The monoisotopic (exact) mass is 268 g/mol. The highest BCUT2D eigenvalue weighted by molar-refractivity contribution is 6.28. The van der Waals surface area contributed by atoms with Crippen molar-refractivity contribution in [2.75, 3.05) is 6.54 Å². The average Bonchev–Trinajstić information content (AvgIpc) is 2.93. The van der Waals surface area contributed by atoms with E-state index in [2.05, 4.69) is 24.1 Å². The van der Waals surface area contributed by atoms with E-state index >= 15 is 0 Å². The lowest BCUT2D eigenvalue weighted by Crippen LogP contribution is -2.23. The van der Waals surface area contributed by atoms with E-state index in [4.69, 9.17) is 20.4 Å². The van der Waals surface area contributed by atoms with Gasteiger partial charge in [-0.1, -0.05) is 13.8 Å². The molecule has 0 fully saturated rings. The molecule has 0 bridgehead atoms. The summed E-state index contributed by atoms with van der Waals surface area (Å²) in [7, 11) is 0. The Bertz CT molecular complexity index is 491. The second-order valence-electron chi connectivity index (χ2n) is 4.43. The summed E-state index contributed by atoms with van der Waals surface area (Å²) in [6.07, 6.45) is 3.48. The zero-order valence-electron chi connectivity index (χ0n) is 10.6. The van der Waals surface area contributed by atoms with Crippen molar-refractivity contribution in [2.45, 2.75) is 32.7 Å². The predicted octanol–water partition coefficient (Wildman–Crippen LogP) is 3.52. The second-order valence-corrected chi connectivity index (χ2v) is 4.81. The Morgan fingerprint density at radius 2 is 2.11 bits per heavy atom. The van der Waals surface area contributed by atoms with Gasteiger partial charge in [-0.05, 0) is 36.7 Å². The fourth-order valence-electron chi connectivity index (χ4n) is 1.62. The number of aromatic nitrogens is 1. The van der Waals surface area contributed by atoms with Crippen molar-refractivity contribution < 1.29 is 8.83 Å². The number of nitrogens with zero attached hydrogens (tertiary/aromatic N) is 1. The Hall–Kier alpha value is -1.26. The Morgan fingerprint density at radius 1 is 1.28 bits per heavy atom. The largest absolute Gasteiger partial charge is 0.441 e. The van der Waals surface area contributed by atoms with Crippen LogP contribution in [-0.4, -0.2) is 17.6 Å². The lowest BCUT2D eigenvalue weighted by molar-refractivity contribution is 0.468. The van der Waals surface area contributed by atoms with E-state index in [1.807, 2.05) is 0 Å². The maximum absolute atomic E-state index is 5.71. The summed E-state index contributed by atoms with van der Waals surface area (Å²) in [5, 5.41) is 3.70. The van der Waals surface area contributed by atoms with Gasteiger partial charge in [-0.2, -0.15) is 0 Å². The minimum Gasteiger partial charge on any atom is -0.441 e. The molecule has 0 saturated heterocycles. The van der Waals surface area contributed by atoms with Crippen LogP contribution in [0.2, 0.25) is 5.22 Å². The minimum absolute atomic E-state index is 0.351. The number of nitrogens with one attached hydrogen (secondary N) is 1. The number of hydrogen-bond donors (Lipinski definition) is 1. The molecule has 0 unspecified atom stereocenters. The Balaban J connectivity index is 1.86. The normalized spacial score (nSPS) is 11.3. The van der Waals surface area contributed by atoms with Gasteiger partial charge in [0.25, 0.3) is 0 Å². The molecular formula is C13H17ClN2O2. The lowest BCUT2D eigenvalue weighted by Gasteiger charge is -2.05. The van der Waals surface area contributed by atoms with Crippen LogP contribution < -0.4 is 5.32 Å². The molecule has 2 heterocycles. The summed E-state index contributed by atoms with van der Waals surface area (Å²) >= 11 is 5.71. The first-order valence-corrected chi connectivity index (χ1v) is 6.47. The lowest BCUT2D eigenvalue weighted by atomic mass is 10.3. The van der Waals surface area contributed by atoms with Gasteiger partial charge < -0.3 is 14.2 Å². The molecule has 1 N–H and O–H groups in total. The molecule has 0 atom stereocenters. The maximum atomic E-state index is 5.71. The highest BCUT2D eigenvalue weighted by Gasteiger charge is 2.09. The van der Waals surface area contributed by atoms with Gasteiger partial charge in [0.05, 0.1) is 6.20 Å². The van der Waals surface area contributed by atoms with Gasteiger partial charge in [-0.3, -0.25) is 0 Å². The highest BCUT2D eigenvalue weighted by atomic mass is 35.5. The minimum atomic E-state index is 0.351. The zero-order valence-corrected chi connectivity index (χ0v) is 11.3. The Kier molecular flexibility index (Phi) is 4.44. The van der Waals surface area contributed by atoms with E-state index < -0.39 is 0 Å². The van der Waals surface area contributed by atoms with Gasteiger partial charge in [-0.15, -0.1) is 0 Å². The van der Waals surface area contributed by atoms with E-state index in [1.165, 1.54) is 0 Å². The summed E-state index contributed by atoms with van der Waals surface area (Å²) in [5.74, 6) is 1.95. The molecule has 2 rings (SSSR count). The van der Waals surface area contributed by atoms with Gasteiger partial charge in [0, 0.05) is 12.5 Å². The first kappa shape index (κ1) is 13.2. The number of aryl methyl sites for hydroxylation is 1. The van der Waals surface area contributed by atoms with Crippen LogP contribution in [0.4, 0.5) is 0 Å². The van der Waals surface area contributed by atoms with Crippen LogP contribution in [0.1, 0.15) is 26.2 Å². The molecule has 0 aliphatic carbocycles. The van der Waals surface area contributed by atoms with Crippen LogP contribution in [-0.2, 0) is 6.42 Å². The fraction of sp³-hybridized carbons (Fsp3) is 0.462. The van der Waals surface area contributed by atoms with Crippen LogP contribution in [0.3, 0.4) is 0 Å². The van der Waals surface area contributed by atoms with Crippen molar-refractivity contribution in [3.05, 3.63) is 29.4 Å². The van der Waals surface area contributed by atoms with E-state index in [9.17, 15) is 0 Å². The van der Waals surface area contributed by atoms with Gasteiger partial charge >= 0.3 is 0 Å². The maximum Gasteiger partial charge on any atom is 0.195 e. The van der Waals surface area contributed by atoms with Crippen LogP contribution >= 0.6 is 11.6 Å². The SMILES string of the molecule is CC(C)NCCCc1ncc(-c2ccc(Cl)o2)o1. The number of oxazole rings is 1. The third-order valence-electron chi connectivity index (χ3n) is 2.49. The van der Waals surface area contributed by atoms with Crippen molar-refractivity contribution in [3.63, 3.8) is 0 Å².